The number of thiazole rings is 1. The number of hydrogen-bond donors (Lipinski definition) is 1. The van der Waals surface area contributed by atoms with Gasteiger partial charge in [-0.15, -0.1) is 0 Å². The van der Waals surface area contributed by atoms with Crippen LogP contribution in [0.15, 0.2) is 57.5 Å². The maximum absolute atomic E-state index is 13.6. The van der Waals surface area contributed by atoms with E-state index >= 15 is 0 Å². The fourth-order valence-corrected chi connectivity index (χ4v) is 6.64. The molecule has 4 rings (SSSR count). The fraction of sp³-hybridized carbons (Fsp3) is 0.174. The molecule has 0 spiro atoms. The third-order valence-corrected chi connectivity index (χ3v) is 7.73. The Morgan fingerprint density at radius 2 is 2.00 bits per heavy atom. The van der Waals surface area contributed by atoms with Crippen molar-refractivity contribution >= 4 is 80.2 Å². The third kappa shape index (κ3) is 4.77. The summed E-state index contributed by atoms with van der Waals surface area (Å²) >= 11 is 11.5. The number of hydrogen-bond acceptors (Lipinski definition) is 6. The van der Waals surface area contributed by atoms with Crippen molar-refractivity contribution in [3.63, 3.8) is 0 Å². The van der Waals surface area contributed by atoms with Crippen molar-refractivity contribution in [3.8, 4) is 5.75 Å². The number of phenols is 1. The first-order valence-electron chi connectivity index (χ1n) is 9.84. The molecule has 0 amide bonds. The number of aromatic hydroxyl groups is 1. The van der Waals surface area contributed by atoms with Crippen molar-refractivity contribution in [1.82, 2.24) is 4.57 Å². The molecule has 0 fully saturated rings. The van der Waals surface area contributed by atoms with Crippen LogP contribution in [-0.2, 0) is 9.53 Å². The van der Waals surface area contributed by atoms with Crippen LogP contribution in [0.3, 0.4) is 0 Å². The van der Waals surface area contributed by atoms with Gasteiger partial charge in [-0.1, -0.05) is 35.1 Å². The van der Waals surface area contributed by atoms with Gasteiger partial charge in [0.15, 0.2) is 4.80 Å². The first-order valence-corrected chi connectivity index (χ1v) is 13.2. The minimum Gasteiger partial charge on any atom is -0.506 e. The smallest absolute Gasteiger partial charge is 0.338 e. The summed E-state index contributed by atoms with van der Waals surface area (Å²) in [4.78, 5) is 31.5. The van der Waals surface area contributed by atoms with Crippen LogP contribution in [-0.4, -0.2) is 22.2 Å². The van der Waals surface area contributed by atoms with E-state index in [1.807, 2.05) is 12.1 Å². The van der Waals surface area contributed by atoms with E-state index in [0.717, 1.165) is 9.13 Å². The summed E-state index contributed by atoms with van der Waals surface area (Å²) in [6.07, 6.45) is 1.66. The number of benzene rings is 2. The first-order chi connectivity index (χ1) is 15.7. The van der Waals surface area contributed by atoms with Gasteiger partial charge in [0.2, 0.25) is 0 Å². The van der Waals surface area contributed by atoms with E-state index < -0.39 is 12.0 Å². The number of fused-ring (bicyclic) bond motifs is 1. The van der Waals surface area contributed by atoms with Gasteiger partial charge in [0.05, 0.1) is 32.0 Å². The number of aromatic nitrogens is 1. The van der Waals surface area contributed by atoms with E-state index in [2.05, 4.69) is 50.2 Å². The molecular formula is C23H17ClI2N2O4S. The van der Waals surface area contributed by atoms with Gasteiger partial charge in [-0.3, -0.25) is 9.36 Å². The first kappa shape index (κ1) is 24.4. The van der Waals surface area contributed by atoms with E-state index in [1.54, 1.807) is 44.2 Å². The van der Waals surface area contributed by atoms with Gasteiger partial charge in [0, 0.05) is 14.2 Å². The van der Waals surface area contributed by atoms with E-state index in [1.165, 1.54) is 15.9 Å². The Balaban J connectivity index is 1.98. The molecule has 170 valence electrons. The second kappa shape index (κ2) is 9.88. The quantitative estimate of drug-likeness (QED) is 0.323. The molecule has 0 aliphatic carbocycles. The van der Waals surface area contributed by atoms with Gasteiger partial charge in [-0.2, -0.15) is 0 Å². The highest BCUT2D eigenvalue weighted by Gasteiger charge is 2.33. The molecule has 0 saturated carbocycles. The van der Waals surface area contributed by atoms with Crippen molar-refractivity contribution in [3.05, 3.63) is 90.6 Å². The topological polar surface area (TPSA) is 80.9 Å². The van der Waals surface area contributed by atoms with E-state index in [0.29, 0.717) is 34.8 Å². The summed E-state index contributed by atoms with van der Waals surface area (Å²) in [6, 6.07) is 9.97. The highest BCUT2D eigenvalue weighted by molar-refractivity contribution is 14.1. The average Bonchev–Trinajstić information content (AvgIpc) is 3.06. The zero-order valence-electron chi connectivity index (χ0n) is 17.4. The fourth-order valence-electron chi connectivity index (χ4n) is 3.59. The maximum Gasteiger partial charge on any atom is 0.338 e. The third-order valence-electron chi connectivity index (χ3n) is 5.05. The number of esters is 1. The highest BCUT2D eigenvalue weighted by Crippen LogP contribution is 2.31. The second-order valence-electron chi connectivity index (χ2n) is 7.18. The molecule has 6 nitrogen and oxygen atoms in total. The van der Waals surface area contributed by atoms with Crippen molar-refractivity contribution < 1.29 is 14.6 Å². The molecule has 1 atom stereocenters. The summed E-state index contributed by atoms with van der Waals surface area (Å²) in [5.74, 6) is -0.405. The predicted octanol–water partition coefficient (Wildman–Crippen LogP) is 4.37. The summed E-state index contributed by atoms with van der Waals surface area (Å²) < 4.78 is 8.83. The Kier molecular flexibility index (Phi) is 7.32. The van der Waals surface area contributed by atoms with Gasteiger partial charge in [0.25, 0.3) is 5.56 Å². The normalized spacial score (nSPS) is 15.9. The molecule has 0 bridgehead atoms. The molecular weight excluding hydrogens is 690 g/mol. The summed E-state index contributed by atoms with van der Waals surface area (Å²) in [7, 11) is 0. The molecule has 2 aromatic carbocycles. The standard InChI is InChI=1S/C23H17ClI2N2O4S/c1-3-32-22(31)18-11(2)27-23-28(19(18)12-4-6-14(24)7-5-12)21(30)17(33-23)9-13-8-15(25)10-16(26)20(13)29/h4-10,19,29H,3H2,1-2H3/b17-9-/t19-/m1/s1. The molecule has 1 aliphatic rings. The lowest BCUT2D eigenvalue weighted by atomic mass is 9.96. The van der Waals surface area contributed by atoms with Crippen LogP contribution >= 0.6 is 68.1 Å². The zero-order chi connectivity index (χ0) is 23.9. The average molecular weight is 707 g/mol. The number of nitrogens with zero attached hydrogens (tertiary/aromatic N) is 2. The van der Waals surface area contributed by atoms with Crippen LogP contribution < -0.4 is 14.9 Å². The molecule has 1 aromatic heterocycles. The molecule has 0 unspecified atom stereocenters. The number of carbonyl (C=O) groups excluding carboxylic acids is 1. The largest absolute Gasteiger partial charge is 0.506 e. The molecule has 33 heavy (non-hydrogen) atoms. The Labute approximate surface area is 225 Å². The second-order valence-corrected chi connectivity index (χ2v) is 11.0. The van der Waals surface area contributed by atoms with Crippen molar-refractivity contribution in [2.45, 2.75) is 19.9 Å². The highest BCUT2D eigenvalue weighted by atomic mass is 127. The Hall–Kier alpha value is -1.70. The summed E-state index contributed by atoms with van der Waals surface area (Å²) in [5.41, 5.74) is 1.76. The number of carbonyl (C=O) groups is 1. The van der Waals surface area contributed by atoms with Gasteiger partial charge in [-0.05, 0) is 94.9 Å². The Bertz CT molecular complexity index is 1480. The van der Waals surface area contributed by atoms with E-state index in [-0.39, 0.29) is 17.9 Å². The van der Waals surface area contributed by atoms with Gasteiger partial charge in [-0.25, -0.2) is 9.79 Å². The number of ether oxygens (including phenoxy) is 1. The molecule has 2 heterocycles. The number of rotatable bonds is 4. The molecule has 10 heteroatoms. The number of phenolic OH excluding ortho intramolecular Hbond substituents is 1. The molecule has 1 N–H and O–H groups in total. The Morgan fingerprint density at radius 1 is 1.30 bits per heavy atom. The van der Waals surface area contributed by atoms with Gasteiger partial charge < -0.3 is 9.84 Å². The summed E-state index contributed by atoms with van der Waals surface area (Å²) in [5, 5.41) is 11.0. The van der Waals surface area contributed by atoms with Crippen LogP contribution in [0.2, 0.25) is 5.02 Å². The summed E-state index contributed by atoms with van der Waals surface area (Å²) in [6.45, 7) is 3.67. The van der Waals surface area contributed by atoms with Gasteiger partial charge >= 0.3 is 5.97 Å². The minimum absolute atomic E-state index is 0.111. The lowest BCUT2D eigenvalue weighted by molar-refractivity contribution is -0.139. The number of allylic oxidation sites excluding steroid dienone is 1. The van der Waals surface area contributed by atoms with Crippen LogP contribution in [0, 0.1) is 7.14 Å². The van der Waals surface area contributed by atoms with E-state index in [9.17, 15) is 14.7 Å². The predicted molar refractivity (Wildman–Crippen MR) is 145 cm³/mol. The minimum atomic E-state index is -0.704. The lowest BCUT2D eigenvalue weighted by Gasteiger charge is -2.24. The van der Waals surface area contributed by atoms with Crippen LogP contribution in [0.25, 0.3) is 6.08 Å². The lowest BCUT2D eigenvalue weighted by Crippen LogP contribution is -2.39. The maximum atomic E-state index is 13.6. The number of halogens is 3. The molecule has 0 radical (unpaired) electrons. The Morgan fingerprint density at radius 3 is 2.67 bits per heavy atom. The van der Waals surface area contributed by atoms with Crippen LogP contribution in [0.5, 0.6) is 5.75 Å². The molecule has 3 aromatic rings. The SMILES string of the molecule is CCOC(=O)C1=C(C)N=c2s/c(=C\c3cc(I)cc(I)c3O)c(=O)n2[C@@H]1c1ccc(Cl)cc1. The van der Waals surface area contributed by atoms with E-state index in [4.69, 9.17) is 16.3 Å². The van der Waals surface area contributed by atoms with Crippen molar-refractivity contribution in [2.24, 2.45) is 4.99 Å². The van der Waals surface area contributed by atoms with Crippen LogP contribution in [0.4, 0.5) is 0 Å². The van der Waals surface area contributed by atoms with Crippen molar-refractivity contribution in [2.75, 3.05) is 6.61 Å². The molecule has 1 aliphatic heterocycles. The van der Waals surface area contributed by atoms with Crippen LogP contribution in [0.1, 0.15) is 31.0 Å². The molecule has 0 saturated heterocycles. The zero-order valence-corrected chi connectivity index (χ0v) is 23.3. The monoisotopic (exact) mass is 706 g/mol. The van der Waals surface area contributed by atoms with Crippen molar-refractivity contribution in [1.29, 1.82) is 0 Å². The van der Waals surface area contributed by atoms with Gasteiger partial charge in [0.1, 0.15) is 5.75 Å².